The zero-order valence-electron chi connectivity index (χ0n) is 9.43. The fourth-order valence-electron chi connectivity index (χ4n) is 1.21. The SMILES string of the molecule is CCOCCSc1nnc(N)n1C(C)C. The van der Waals surface area contributed by atoms with Crippen LogP contribution in [0.25, 0.3) is 0 Å². The minimum absolute atomic E-state index is 0.287. The number of rotatable bonds is 6. The van der Waals surface area contributed by atoms with Gasteiger partial charge in [0.1, 0.15) is 0 Å². The molecule has 0 aliphatic heterocycles. The predicted octanol–water partition coefficient (Wildman–Crippen LogP) is 1.57. The Kier molecular flexibility index (Phi) is 4.90. The van der Waals surface area contributed by atoms with Crippen molar-refractivity contribution in [1.29, 1.82) is 0 Å². The molecule has 1 rings (SSSR count). The number of anilines is 1. The van der Waals surface area contributed by atoms with Crippen molar-refractivity contribution in [2.75, 3.05) is 24.7 Å². The van der Waals surface area contributed by atoms with Gasteiger partial charge in [0.15, 0.2) is 5.16 Å². The first kappa shape index (κ1) is 12.3. The van der Waals surface area contributed by atoms with Crippen molar-refractivity contribution in [2.45, 2.75) is 32.0 Å². The lowest BCUT2D eigenvalue weighted by molar-refractivity contribution is 0.164. The van der Waals surface area contributed by atoms with Gasteiger partial charge in [0, 0.05) is 18.4 Å². The molecule has 0 radical (unpaired) electrons. The van der Waals surface area contributed by atoms with Crippen molar-refractivity contribution in [2.24, 2.45) is 0 Å². The average molecular weight is 230 g/mol. The number of nitrogen functional groups attached to an aromatic ring is 1. The van der Waals surface area contributed by atoms with E-state index in [1.165, 1.54) is 0 Å². The summed E-state index contributed by atoms with van der Waals surface area (Å²) in [6.45, 7) is 7.59. The standard InChI is InChI=1S/C9H18N4OS/c1-4-14-5-6-15-9-12-11-8(10)13(9)7(2)3/h7H,4-6H2,1-3H3,(H2,10,11). The van der Waals surface area contributed by atoms with Crippen molar-refractivity contribution in [3.8, 4) is 0 Å². The Morgan fingerprint density at radius 2 is 2.20 bits per heavy atom. The number of ether oxygens (including phenoxy) is 1. The molecule has 0 atom stereocenters. The summed E-state index contributed by atoms with van der Waals surface area (Å²) >= 11 is 1.62. The van der Waals surface area contributed by atoms with Crippen LogP contribution in [-0.2, 0) is 4.74 Å². The van der Waals surface area contributed by atoms with Crippen LogP contribution < -0.4 is 5.73 Å². The van der Waals surface area contributed by atoms with Gasteiger partial charge >= 0.3 is 0 Å². The van der Waals surface area contributed by atoms with Gasteiger partial charge in [0.25, 0.3) is 0 Å². The van der Waals surface area contributed by atoms with E-state index in [1.54, 1.807) is 11.8 Å². The topological polar surface area (TPSA) is 66.0 Å². The van der Waals surface area contributed by atoms with E-state index in [2.05, 4.69) is 24.0 Å². The van der Waals surface area contributed by atoms with E-state index in [9.17, 15) is 0 Å². The Hall–Kier alpha value is -0.750. The molecule has 0 amide bonds. The van der Waals surface area contributed by atoms with Crippen molar-refractivity contribution in [3.05, 3.63) is 0 Å². The molecule has 0 saturated heterocycles. The van der Waals surface area contributed by atoms with E-state index in [4.69, 9.17) is 10.5 Å². The molecular formula is C9H18N4OS. The van der Waals surface area contributed by atoms with Crippen LogP contribution in [0.3, 0.4) is 0 Å². The summed E-state index contributed by atoms with van der Waals surface area (Å²) in [5.41, 5.74) is 5.72. The Bertz CT molecular complexity index is 300. The molecule has 5 nitrogen and oxygen atoms in total. The van der Waals surface area contributed by atoms with Crippen LogP contribution in [0.1, 0.15) is 26.8 Å². The highest BCUT2D eigenvalue weighted by molar-refractivity contribution is 7.99. The highest BCUT2D eigenvalue weighted by Crippen LogP contribution is 2.22. The van der Waals surface area contributed by atoms with Gasteiger partial charge in [0.2, 0.25) is 5.95 Å². The van der Waals surface area contributed by atoms with Gasteiger partial charge in [-0.2, -0.15) is 0 Å². The third kappa shape index (κ3) is 3.39. The second-order valence-electron chi connectivity index (χ2n) is 3.35. The molecule has 0 aromatic carbocycles. The maximum absolute atomic E-state index is 5.72. The largest absolute Gasteiger partial charge is 0.381 e. The minimum Gasteiger partial charge on any atom is -0.381 e. The Morgan fingerprint density at radius 1 is 1.47 bits per heavy atom. The molecule has 6 heteroatoms. The first-order valence-electron chi connectivity index (χ1n) is 5.07. The summed E-state index contributed by atoms with van der Waals surface area (Å²) in [7, 11) is 0. The summed E-state index contributed by atoms with van der Waals surface area (Å²) < 4.78 is 7.18. The lowest BCUT2D eigenvalue weighted by atomic mass is 10.4. The zero-order valence-corrected chi connectivity index (χ0v) is 10.3. The van der Waals surface area contributed by atoms with E-state index in [1.807, 2.05) is 11.5 Å². The van der Waals surface area contributed by atoms with Gasteiger partial charge in [0.05, 0.1) is 6.61 Å². The zero-order chi connectivity index (χ0) is 11.3. The van der Waals surface area contributed by atoms with Crippen LogP contribution in [-0.4, -0.2) is 33.7 Å². The number of nitrogens with zero attached hydrogens (tertiary/aromatic N) is 3. The van der Waals surface area contributed by atoms with Gasteiger partial charge in [-0.15, -0.1) is 10.2 Å². The first-order chi connectivity index (χ1) is 7.16. The quantitative estimate of drug-likeness (QED) is 0.593. The lowest BCUT2D eigenvalue weighted by Gasteiger charge is -2.10. The summed E-state index contributed by atoms with van der Waals surface area (Å²) in [5.74, 6) is 1.35. The Morgan fingerprint density at radius 3 is 2.80 bits per heavy atom. The fraction of sp³-hybridized carbons (Fsp3) is 0.778. The van der Waals surface area contributed by atoms with Crippen LogP contribution in [0.5, 0.6) is 0 Å². The minimum atomic E-state index is 0.287. The van der Waals surface area contributed by atoms with E-state index >= 15 is 0 Å². The molecular weight excluding hydrogens is 212 g/mol. The number of hydrogen-bond donors (Lipinski definition) is 1. The molecule has 1 heterocycles. The molecule has 0 aliphatic carbocycles. The average Bonchev–Trinajstić information content (AvgIpc) is 2.54. The molecule has 86 valence electrons. The number of thioether (sulfide) groups is 1. The normalized spacial score (nSPS) is 11.2. The van der Waals surface area contributed by atoms with Crippen LogP contribution >= 0.6 is 11.8 Å². The van der Waals surface area contributed by atoms with Crippen molar-refractivity contribution >= 4 is 17.7 Å². The third-order valence-electron chi connectivity index (χ3n) is 1.87. The molecule has 2 N–H and O–H groups in total. The van der Waals surface area contributed by atoms with E-state index in [-0.39, 0.29) is 6.04 Å². The van der Waals surface area contributed by atoms with Crippen LogP contribution in [0, 0.1) is 0 Å². The molecule has 0 aliphatic rings. The van der Waals surface area contributed by atoms with Crippen LogP contribution in [0.15, 0.2) is 5.16 Å². The monoisotopic (exact) mass is 230 g/mol. The lowest BCUT2D eigenvalue weighted by Crippen LogP contribution is -2.07. The molecule has 0 saturated carbocycles. The fourth-order valence-corrected chi connectivity index (χ4v) is 2.13. The van der Waals surface area contributed by atoms with Gasteiger partial charge in [-0.05, 0) is 20.8 Å². The maximum atomic E-state index is 5.72. The Balaban J connectivity index is 2.53. The van der Waals surface area contributed by atoms with Gasteiger partial charge in [-0.3, -0.25) is 4.57 Å². The van der Waals surface area contributed by atoms with Crippen molar-refractivity contribution in [3.63, 3.8) is 0 Å². The molecule has 0 fully saturated rings. The smallest absolute Gasteiger partial charge is 0.222 e. The highest BCUT2D eigenvalue weighted by atomic mass is 32.2. The molecule has 1 aromatic heterocycles. The van der Waals surface area contributed by atoms with Crippen LogP contribution in [0.4, 0.5) is 5.95 Å². The number of hydrogen-bond acceptors (Lipinski definition) is 5. The summed E-state index contributed by atoms with van der Waals surface area (Å²) in [5, 5.41) is 8.76. The third-order valence-corrected chi connectivity index (χ3v) is 2.78. The van der Waals surface area contributed by atoms with E-state index in [0.717, 1.165) is 24.1 Å². The van der Waals surface area contributed by atoms with Gasteiger partial charge in [-0.1, -0.05) is 11.8 Å². The maximum Gasteiger partial charge on any atom is 0.222 e. The van der Waals surface area contributed by atoms with Crippen LogP contribution in [0.2, 0.25) is 0 Å². The molecule has 15 heavy (non-hydrogen) atoms. The van der Waals surface area contributed by atoms with Gasteiger partial charge < -0.3 is 10.5 Å². The second-order valence-corrected chi connectivity index (χ2v) is 4.41. The summed E-state index contributed by atoms with van der Waals surface area (Å²) in [4.78, 5) is 0. The number of aromatic nitrogens is 3. The van der Waals surface area contributed by atoms with Crippen molar-refractivity contribution < 1.29 is 4.74 Å². The first-order valence-corrected chi connectivity index (χ1v) is 6.06. The number of nitrogens with two attached hydrogens (primary N) is 1. The highest BCUT2D eigenvalue weighted by Gasteiger charge is 2.12. The van der Waals surface area contributed by atoms with E-state index in [0.29, 0.717) is 5.95 Å². The second kappa shape index (κ2) is 5.97. The predicted molar refractivity (Wildman–Crippen MR) is 62.0 cm³/mol. The molecule has 0 spiro atoms. The summed E-state index contributed by atoms with van der Waals surface area (Å²) in [6.07, 6.45) is 0. The molecule has 0 bridgehead atoms. The summed E-state index contributed by atoms with van der Waals surface area (Å²) in [6, 6.07) is 0.287. The van der Waals surface area contributed by atoms with Crippen molar-refractivity contribution in [1.82, 2.24) is 14.8 Å². The molecule has 1 aromatic rings. The Labute approximate surface area is 94.4 Å². The van der Waals surface area contributed by atoms with E-state index < -0.39 is 0 Å². The van der Waals surface area contributed by atoms with Gasteiger partial charge in [-0.25, -0.2) is 0 Å². The molecule has 0 unspecified atom stereocenters.